The molecule has 1 aromatic carbocycles. The van der Waals surface area contributed by atoms with E-state index in [9.17, 15) is 13.2 Å². The summed E-state index contributed by atoms with van der Waals surface area (Å²) in [6.45, 7) is 2.25. The molecule has 1 rings (SSSR count). The fraction of sp³-hybridized carbons (Fsp3) is 0.696. The van der Waals surface area contributed by atoms with Crippen LogP contribution in [0.25, 0.3) is 0 Å². The quantitative estimate of drug-likeness (QED) is 0.325. The number of rotatable bonds is 17. The molecule has 0 saturated carbocycles. The molecule has 6 heteroatoms. The Morgan fingerprint density at radius 2 is 1.24 bits per heavy atom. The number of amides is 1. The smallest absolute Gasteiger partial charge is 0.250 e. The number of hydrogen-bond donors (Lipinski definition) is 2. The van der Waals surface area contributed by atoms with Gasteiger partial charge in [-0.2, -0.15) is 0 Å². The van der Waals surface area contributed by atoms with Crippen molar-refractivity contribution in [1.29, 1.82) is 0 Å². The van der Waals surface area contributed by atoms with Crippen LogP contribution in [-0.2, 0) is 16.4 Å². The second-order valence-corrected chi connectivity index (χ2v) is 9.55. The minimum Gasteiger partial charge on any atom is -0.366 e. The number of carbonyl (C=O) groups excluding carboxylic acids is 1. The maximum atomic E-state index is 11.9. The van der Waals surface area contributed by atoms with Crippen molar-refractivity contribution < 1.29 is 13.2 Å². The summed E-state index contributed by atoms with van der Waals surface area (Å²) < 4.78 is 23.8. The van der Waals surface area contributed by atoms with Crippen LogP contribution in [0.15, 0.2) is 23.1 Å². The Kier molecular flexibility index (Phi) is 12.9. The highest BCUT2D eigenvalue weighted by atomic mass is 32.2. The summed E-state index contributed by atoms with van der Waals surface area (Å²) >= 11 is 0. The number of primary amides is 1. The summed E-state index contributed by atoms with van der Waals surface area (Å²) in [5.74, 6) is -0.767. The molecular formula is C23H40N2O3S. The molecule has 0 aliphatic rings. The average Bonchev–Trinajstić information content (AvgIpc) is 2.67. The lowest BCUT2D eigenvalue weighted by atomic mass is 10.0. The molecule has 0 saturated heterocycles. The lowest BCUT2D eigenvalue weighted by Crippen LogP contribution is -2.22. The van der Waals surface area contributed by atoms with Gasteiger partial charge in [-0.3, -0.25) is 4.79 Å². The van der Waals surface area contributed by atoms with Gasteiger partial charge < -0.3 is 5.73 Å². The van der Waals surface area contributed by atoms with E-state index in [-0.39, 0.29) is 10.5 Å². The van der Waals surface area contributed by atoms with Crippen molar-refractivity contribution in [2.45, 2.75) is 108 Å². The van der Waals surface area contributed by atoms with E-state index in [0.29, 0.717) is 12.0 Å². The Bertz CT molecular complexity index is 702. The first-order valence-corrected chi connectivity index (χ1v) is 12.9. The third-order valence-electron chi connectivity index (χ3n) is 5.45. The number of aryl methyl sites for hydroxylation is 1. The largest absolute Gasteiger partial charge is 0.366 e. The van der Waals surface area contributed by atoms with Crippen molar-refractivity contribution >= 4 is 15.9 Å². The molecule has 0 spiro atoms. The molecule has 0 aromatic heterocycles. The number of hydrogen-bond acceptors (Lipinski definition) is 3. The first-order valence-electron chi connectivity index (χ1n) is 11.3. The summed E-state index contributed by atoms with van der Waals surface area (Å²) in [6, 6.07) is 4.79. The maximum Gasteiger partial charge on any atom is 0.250 e. The zero-order valence-electron chi connectivity index (χ0n) is 18.1. The second-order valence-electron chi connectivity index (χ2n) is 8.05. The topological polar surface area (TPSA) is 103 Å². The number of sulfonamides is 1. The zero-order valence-corrected chi connectivity index (χ0v) is 18.9. The standard InChI is InChI=1S/C23H40N2O3S/c1-2-3-4-5-6-7-8-9-10-11-12-13-14-15-17-20-18-16-19-21(23(24)26)22(20)29(25,27)28/h16,18-19H,2-15,17H2,1H3,(H2,24,26)(H2,25,27,28). The lowest BCUT2D eigenvalue weighted by Gasteiger charge is -2.11. The van der Waals surface area contributed by atoms with E-state index >= 15 is 0 Å². The molecule has 29 heavy (non-hydrogen) atoms. The van der Waals surface area contributed by atoms with Crippen molar-refractivity contribution in [3.8, 4) is 0 Å². The SMILES string of the molecule is CCCCCCCCCCCCCCCCc1cccc(C(N)=O)c1S(N)(=O)=O. The van der Waals surface area contributed by atoms with Gasteiger partial charge in [-0.1, -0.05) is 103 Å². The van der Waals surface area contributed by atoms with Gasteiger partial charge in [-0.05, 0) is 24.5 Å². The van der Waals surface area contributed by atoms with Gasteiger partial charge in [-0.15, -0.1) is 0 Å². The minimum absolute atomic E-state index is 0.0182. The first kappa shape index (κ1) is 25.6. The molecule has 1 amide bonds. The van der Waals surface area contributed by atoms with Crippen LogP contribution in [-0.4, -0.2) is 14.3 Å². The Labute approximate surface area is 177 Å². The summed E-state index contributed by atoms with van der Waals surface area (Å²) in [7, 11) is -3.98. The van der Waals surface area contributed by atoms with E-state index in [1.54, 1.807) is 12.1 Å². The summed E-state index contributed by atoms with van der Waals surface area (Å²) in [5, 5.41) is 5.31. The fourth-order valence-electron chi connectivity index (χ4n) is 3.82. The van der Waals surface area contributed by atoms with E-state index in [2.05, 4.69) is 6.92 Å². The maximum absolute atomic E-state index is 11.9. The molecule has 166 valence electrons. The van der Waals surface area contributed by atoms with Crippen molar-refractivity contribution in [2.24, 2.45) is 10.9 Å². The van der Waals surface area contributed by atoms with Crippen LogP contribution in [0.4, 0.5) is 0 Å². The molecule has 0 aliphatic carbocycles. The Balaban J connectivity index is 2.19. The summed E-state index contributed by atoms with van der Waals surface area (Å²) in [5.41, 5.74) is 5.87. The highest BCUT2D eigenvalue weighted by Gasteiger charge is 2.21. The predicted molar refractivity (Wildman–Crippen MR) is 120 cm³/mol. The van der Waals surface area contributed by atoms with Crippen LogP contribution in [0.3, 0.4) is 0 Å². The summed E-state index contributed by atoms with van der Waals surface area (Å²) in [6.07, 6.45) is 18.4. The van der Waals surface area contributed by atoms with E-state index in [1.807, 2.05) is 0 Å². The number of primary sulfonamides is 1. The van der Waals surface area contributed by atoms with Gasteiger partial charge in [0.15, 0.2) is 0 Å². The van der Waals surface area contributed by atoms with E-state index in [1.165, 1.54) is 76.7 Å². The number of carbonyl (C=O) groups is 1. The van der Waals surface area contributed by atoms with Gasteiger partial charge in [0.2, 0.25) is 15.9 Å². The summed E-state index contributed by atoms with van der Waals surface area (Å²) in [4.78, 5) is 11.4. The van der Waals surface area contributed by atoms with Crippen molar-refractivity contribution in [3.05, 3.63) is 29.3 Å². The van der Waals surface area contributed by atoms with Crippen molar-refractivity contribution in [3.63, 3.8) is 0 Å². The molecule has 0 unspecified atom stereocenters. The molecule has 0 bridgehead atoms. The number of nitrogens with two attached hydrogens (primary N) is 2. The Morgan fingerprint density at radius 3 is 1.66 bits per heavy atom. The van der Waals surface area contributed by atoms with Gasteiger partial charge in [0.1, 0.15) is 0 Å². The predicted octanol–water partition coefficient (Wildman–Crippen LogP) is 5.46. The van der Waals surface area contributed by atoms with Crippen LogP contribution >= 0.6 is 0 Å². The molecular weight excluding hydrogens is 384 g/mol. The van der Waals surface area contributed by atoms with Crippen molar-refractivity contribution in [1.82, 2.24) is 0 Å². The Morgan fingerprint density at radius 1 is 0.793 bits per heavy atom. The number of unbranched alkanes of at least 4 members (excludes halogenated alkanes) is 13. The van der Waals surface area contributed by atoms with Crippen LogP contribution in [0, 0.1) is 0 Å². The normalized spacial score (nSPS) is 11.7. The molecule has 4 N–H and O–H groups in total. The molecule has 0 fully saturated rings. The van der Waals surface area contributed by atoms with Gasteiger partial charge in [-0.25, -0.2) is 13.6 Å². The second kappa shape index (κ2) is 14.6. The molecule has 0 heterocycles. The van der Waals surface area contributed by atoms with E-state index in [0.717, 1.165) is 19.3 Å². The van der Waals surface area contributed by atoms with Gasteiger partial charge in [0, 0.05) is 0 Å². The molecule has 0 atom stereocenters. The third-order valence-corrected chi connectivity index (χ3v) is 6.50. The molecule has 1 aromatic rings. The fourth-order valence-corrected chi connectivity index (χ4v) is 4.83. The highest BCUT2D eigenvalue weighted by molar-refractivity contribution is 7.89. The van der Waals surface area contributed by atoms with Crippen molar-refractivity contribution in [2.75, 3.05) is 0 Å². The highest BCUT2D eigenvalue weighted by Crippen LogP contribution is 2.22. The van der Waals surface area contributed by atoms with Crippen LogP contribution in [0.5, 0.6) is 0 Å². The monoisotopic (exact) mass is 424 g/mol. The van der Waals surface area contributed by atoms with Crippen LogP contribution in [0.2, 0.25) is 0 Å². The van der Waals surface area contributed by atoms with E-state index in [4.69, 9.17) is 10.9 Å². The molecule has 0 radical (unpaired) electrons. The minimum atomic E-state index is -3.98. The third kappa shape index (κ3) is 10.8. The van der Waals surface area contributed by atoms with Crippen LogP contribution < -0.4 is 10.9 Å². The molecule has 0 aliphatic heterocycles. The Hall–Kier alpha value is -1.40. The zero-order chi connectivity index (χ0) is 21.5. The van der Waals surface area contributed by atoms with Gasteiger partial charge >= 0.3 is 0 Å². The lowest BCUT2D eigenvalue weighted by molar-refractivity contribution is 0.0997. The van der Waals surface area contributed by atoms with Gasteiger partial charge in [0.25, 0.3) is 0 Å². The number of benzene rings is 1. The van der Waals surface area contributed by atoms with Crippen LogP contribution in [0.1, 0.15) is 113 Å². The molecule has 5 nitrogen and oxygen atoms in total. The first-order chi connectivity index (χ1) is 13.9. The van der Waals surface area contributed by atoms with E-state index < -0.39 is 15.9 Å². The van der Waals surface area contributed by atoms with Gasteiger partial charge in [0.05, 0.1) is 10.5 Å². The average molecular weight is 425 g/mol.